The van der Waals surface area contributed by atoms with Crippen LogP contribution in [0.3, 0.4) is 0 Å². The zero-order valence-corrected chi connectivity index (χ0v) is 16.7. The summed E-state index contributed by atoms with van der Waals surface area (Å²) >= 11 is 0. The van der Waals surface area contributed by atoms with Gasteiger partial charge in [0.1, 0.15) is 5.69 Å². The second-order valence-electron chi connectivity index (χ2n) is 7.72. The molecule has 31 heavy (non-hydrogen) atoms. The molecule has 1 N–H and O–H groups in total. The van der Waals surface area contributed by atoms with E-state index in [-0.39, 0.29) is 17.9 Å². The van der Waals surface area contributed by atoms with E-state index in [0.29, 0.717) is 17.8 Å². The zero-order valence-electron chi connectivity index (χ0n) is 16.7. The summed E-state index contributed by atoms with van der Waals surface area (Å²) in [4.78, 5) is 31.9. The number of fused-ring (bicyclic) bond motifs is 2. The largest absolute Gasteiger partial charge is 0.375 e. The molecule has 0 saturated carbocycles. The number of carbonyl (C=O) groups excluding carboxylic acids is 2. The van der Waals surface area contributed by atoms with Crippen molar-refractivity contribution in [1.82, 2.24) is 4.98 Å². The molecule has 5 rings (SSSR count). The average Bonchev–Trinajstić information content (AvgIpc) is 3.02. The number of Topliss-reactive ketones (excluding diaryl/α,β-unsaturated/α-hetero) is 1. The molecule has 5 nitrogen and oxygen atoms in total. The maximum absolute atomic E-state index is 13.5. The highest BCUT2D eigenvalue weighted by Crippen LogP contribution is 2.43. The minimum Gasteiger partial charge on any atom is -0.375 e. The number of aromatic nitrogens is 1. The van der Waals surface area contributed by atoms with Crippen LogP contribution in [-0.4, -0.2) is 21.8 Å². The van der Waals surface area contributed by atoms with Crippen LogP contribution >= 0.6 is 0 Å². The predicted octanol–water partition coefficient (Wildman–Crippen LogP) is 4.24. The minimum atomic E-state index is -1.92. The SMILES string of the molecule is O=C(CC1(O)C(=O)N(Cc2cccc3ccccc23)c2ccccc21)c1ccccn1. The Morgan fingerprint density at radius 2 is 1.65 bits per heavy atom. The van der Waals surface area contributed by atoms with Gasteiger partial charge in [0.25, 0.3) is 5.91 Å². The normalized spacial score (nSPS) is 17.7. The van der Waals surface area contributed by atoms with Gasteiger partial charge in [-0.2, -0.15) is 0 Å². The van der Waals surface area contributed by atoms with Gasteiger partial charge in [0.15, 0.2) is 11.4 Å². The number of pyridine rings is 1. The molecule has 1 aromatic heterocycles. The van der Waals surface area contributed by atoms with Crippen LogP contribution in [0.4, 0.5) is 5.69 Å². The Bertz CT molecular complexity index is 1300. The average molecular weight is 408 g/mol. The fourth-order valence-corrected chi connectivity index (χ4v) is 4.29. The molecule has 1 unspecified atom stereocenters. The minimum absolute atomic E-state index is 0.230. The van der Waals surface area contributed by atoms with E-state index < -0.39 is 11.5 Å². The second kappa shape index (κ2) is 7.45. The van der Waals surface area contributed by atoms with Gasteiger partial charge in [-0.05, 0) is 34.5 Å². The number of aliphatic hydroxyl groups is 1. The molecule has 1 atom stereocenters. The van der Waals surface area contributed by atoms with E-state index in [0.717, 1.165) is 16.3 Å². The summed E-state index contributed by atoms with van der Waals surface area (Å²) in [5.41, 5.74) is 0.354. The lowest BCUT2D eigenvalue weighted by Gasteiger charge is -2.23. The molecule has 1 amide bonds. The number of carbonyl (C=O) groups is 2. The molecule has 0 radical (unpaired) electrons. The molecule has 0 bridgehead atoms. The van der Waals surface area contributed by atoms with Crippen LogP contribution in [0.2, 0.25) is 0 Å². The Balaban J connectivity index is 1.53. The van der Waals surface area contributed by atoms with Gasteiger partial charge in [-0.15, -0.1) is 0 Å². The topological polar surface area (TPSA) is 70.5 Å². The Labute approximate surface area is 179 Å². The summed E-state index contributed by atoms with van der Waals surface area (Å²) < 4.78 is 0. The Morgan fingerprint density at radius 3 is 2.48 bits per heavy atom. The first-order valence-corrected chi connectivity index (χ1v) is 10.1. The van der Waals surface area contributed by atoms with E-state index in [1.54, 1.807) is 35.2 Å². The lowest BCUT2D eigenvalue weighted by Crippen LogP contribution is -2.41. The molecule has 0 fully saturated rings. The summed E-state index contributed by atoms with van der Waals surface area (Å²) in [6.07, 6.45) is 1.17. The molecule has 5 heteroatoms. The van der Waals surface area contributed by atoms with Gasteiger partial charge in [0.2, 0.25) is 0 Å². The highest BCUT2D eigenvalue weighted by molar-refractivity contribution is 6.10. The molecule has 0 spiro atoms. The molecule has 0 aliphatic carbocycles. The van der Waals surface area contributed by atoms with Gasteiger partial charge in [-0.1, -0.05) is 66.7 Å². The summed E-state index contributed by atoms with van der Waals surface area (Å²) in [6, 6.07) is 26.1. The van der Waals surface area contributed by atoms with Crippen molar-refractivity contribution in [2.75, 3.05) is 4.90 Å². The third-order valence-electron chi connectivity index (χ3n) is 5.81. The molecule has 152 valence electrons. The molecule has 2 heterocycles. The number of para-hydroxylation sites is 1. The molecule has 4 aromatic rings. The van der Waals surface area contributed by atoms with Crippen LogP contribution in [0.15, 0.2) is 91.1 Å². The number of rotatable bonds is 5. The van der Waals surface area contributed by atoms with Crippen molar-refractivity contribution in [3.05, 3.63) is 108 Å². The van der Waals surface area contributed by atoms with Crippen LogP contribution in [0.1, 0.15) is 28.0 Å². The molecule has 3 aromatic carbocycles. The van der Waals surface area contributed by atoms with Gasteiger partial charge in [-0.3, -0.25) is 14.6 Å². The van der Waals surface area contributed by atoms with Crippen molar-refractivity contribution >= 4 is 28.2 Å². The van der Waals surface area contributed by atoms with Gasteiger partial charge >= 0.3 is 0 Å². The lowest BCUT2D eigenvalue weighted by atomic mass is 9.89. The highest BCUT2D eigenvalue weighted by atomic mass is 16.3. The summed E-state index contributed by atoms with van der Waals surface area (Å²) in [5, 5.41) is 13.6. The number of hydrogen-bond donors (Lipinski definition) is 1. The Kier molecular flexibility index (Phi) is 4.60. The van der Waals surface area contributed by atoms with Crippen molar-refractivity contribution in [2.24, 2.45) is 0 Å². The third kappa shape index (κ3) is 3.20. The van der Waals surface area contributed by atoms with E-state index in [9.17, 15) is 14.7 Å². The number of amides is 1. The number of nitrogens with zero attached hydrogens (tertiary/aromatic N) is 2. The van der Waals surface area contributed by atoms with Gasteiger partial charge < -0.3 is 10.0 Å². The second-order valence-corrected chi connectivity index (χ2v) is 7.72. The fourth-order valence-electron chi connectivity index (χ4n) is 4.29. The van der Waals surface area contributed by atoms with Crippen molar-refractivity contribution in [3.63, 3.8) is 0 Å². The van der Waals surface area contributed by atoms with Crippen LogP contribution in [0.25, 0.3) is 10.8 Å². The molecule has 0 saturated heterocycles. The fraction of sp³-hybridized carbons (Fsp3) is 0.115. The molecule has 1 aliphatic heterocycles. The van der Waals surface area contributed by atoms with Crippen molar-refractivity contribution < 1.29 is 14.7 Å². The maximum atomic E-state index is 13.5. The van der Waals surface area contributed by atoms with Gasteiger partial charge in [0, 0.05) is 11.8 Å². The van der Waals surface area contributed by atoms with Gasteiger partial charge in [-0.25, -0.2) is 0 Å². The number of benzene rings is 3. The van der Waals surface area contributed by atoms with Crippen molar-refractivity contribution in [1.29, 1.82) is 0 Å². The molecule has 1 aliphatic rings. The number of anilines is 1. The lowest BCUT2D eigenvalue weighted by molar-refractivity contribution is -0.136. The summed E-state index contributed by atoms with van der Waals surface area (Å²) in [7, 11) is 0. The van der Waals surface area contributed by atoms with Crippen LogP contribution < -0.4 is 4.90 Å². The smallest absolute Gasteiger partial charge is 0.264 e. The first kappa shape index (κ1) is 19.2. The quantitative estimate of drug-likeness (QED) is 0.502. The van der Waals surface area contributed by atoms with E-state index in [2.05, 4.69) is 4.98 Å². The first-order chi connectivity index (χ1) is 15.1. The summed E-state index contributed by atoms with van der Waals surface area (Å²) in [5.74, 6) is -0.871. The van der Waals surface area contributed by atoms with Gasteiger partial charge in [0.05, 0.1) is 18.7 Å². The highest BCUT2D eigenvalue weighted by Gasteiger charge is 2.50. The monoisotopic (exact) mass is 408 g/mol. The van der Waals surface area contributed by atoms with E-state index in [1.165, 1.54) is 6.20 Å². The van der Waals surface area contributed by atoms with Crippen LogP contribution in [0.5, 0.6) is 0 Å². The van der Waals surface area contributed by atoms with Crippen molar-refractivity contribution in [2.45, 2.75) is 18.6 Å². The third-order valence-corrected chi connectivity index (χ3v) is 5.81. The Hall–Kier alpha value is -3.83. The van der Waals surface area contributed by atoms with E-state index in [4.69, 9.17) is 0 Å². The van der Waals surface area contributed by atoms with Crippen molar-refractivity contribution in [3.8, 4) is 0 Å². The Morgan fingerprint density at radius 1 is 0.903 bits per heavy atom. The summed E-state index contributed by atoms with van der Waals surface area (Å²) in [6.45, 7) is 0.303. The molecular weight excluding hydrogens is 388 g/mol. The predicted molar refractivity (Wildman–Crippen MR) is 119 cm³/mol. The standard InChI is InChI=1S/C26H20N2O3/c29-24(22-13-5-6-15-27-22)16-26(31)21-12-3-4-14-23(21)28(25(26)30)17-19-10-7-9-18-8-1-2-11-20(18)19/h1-15,31H,16-17H2. The van der Waals surface area contributed by atoms with Crippen LogP contribution in [-0.2, 0) is 16.9 Å². The number of ketones is 1. The first-order valence-electron chi connectivity index (χ1n) is 10.1. The molecular formula is C26H20N2O3. The zero-order chi connectivity index (χ0) is 21.4. The maximum Gasteiger partial charge on any atom is 0.264 e. The number of hydrogen-bond acceptors (Lipinski definition) is 4. The van der Waals surface area contributed by atoms with Crippen LogP contribution in [0, 0.1) is 0 Å². The van der Waals surface area contributed by atoms with E-state index in [1.807, 2.05) is 54.6 Å². The van der Waals surface area contributed by atoms with E-state index >= 15 is 0 Å².